The van der Waals surface area contributed by atoms with E-state index in [9.17, 15) is 0 Å². The first kappa shape index (κ1) is 23.4. The van der Waals surface area contributed by atoms with Crippen LogP contribution < -0.4 is 0 Å². The molecule has 0 unspecified atom stereocenters. The number of hydrogen-bond donors (Lipinski definition) is 0. The van der Waals surface area contributed by atoms with E-state index >= 15 is 0 Å². The molecule has 0 radical (unpaired) electrons. The van der Waals surface area contributed by atoms with Crippen LogP contribution >= 0.6 is 0 Å². The van der Waals surface area contributed by atoms with Crippen LogP contribution in [-0.4, -0.2) is 14.5 Å². The van der Waals surface area contributed by atoms with Gasteiger partial charge in [0, 0.05) is 27.1 Å². The normalized spacial score (nSPS) is 13.7. The van der Waals surface area contributed by atoms with E-state index < -0.39 is 0 Å². The van der Waals surface area contributed by atoms with Gasteiger partial charge in [-0.15, -0.1) is 0 Å². The van der Waals surface area contributed by atoms with E-state index in [2.05, 4.69) is 146 Å². The van der Waals surface area contributed by atoms with Crippen LogP contribution in [-0.2, 0) is 5.41 Å². The van der Waals surface area contributed by atoms with Gasteiger partial charge in [0.1, 0.15) is 0 Å². The number of aromatic nitrogens is 3. The number of nitrogens with zero attached hydrogens (tertiary/aromatic N) is 3. The lowest BCUT2D eigenvalue weighted by molar-refractivity contribution is 0.643. The zero-order chi connectivity index (χ0) is 28.0. The highest BCUT2D eigenvalue weighted by molar-refractivity contribution is 6.10. The maximum Gasteiger partial charge on any atom is 0.235 e. The van der Waals surface area contributed by atoms with E-state index in [-0.39, 0.29) is 5.41 Å². The number of benzene rings is 6. The molecule has 9 rings (SSSR count). The fourth-order valence-electron chi connectivity index (χ4n) is 7.10. The minimum Gasteiger partial charge on any atom is -0.278 e. The molecule has 0 atom stereocenters. The summed E-state index contributed by atoms with van der Waals surface area (Å²) in [5, 5.41) is 6.05. The van der Waals surface area contributed by atoms with E-state index in [0.717, 1.165) is 27.6 Å². The molecular weight excluding hydrogens is 510 g/mol. The highest BCUT2D eigenvalue weighted by Gasteiger charge is 2.34. The van der Waals surface area contributed by atoms with Crippen LogP contribution in [0.5, 0.6) is 0 Å². The average Bonchev–Trinajstić information content (AvgIpc) is 3.37. The minimum atomic E-state index is -0.125. The summed E-state index contributed by atoms with van der Waals surface area (Å²) in [5.74, 6) is 0.703. The molecule has 0 aliphatic heterocycles. The second-order valence-electron chi connectivity index (χ2n) is 11.9. The molecule has 0 saturated heterocycles. The molecule has 0 amide bonds. The second kappa shape index (κ2) is 8.37. The maximum atomic E-state index is 5.35. The molecule has 42 heavy (non-hydrogen) atoms. The lowest BCUT2D eigenvalue weighted by Gasteiger charge is -2.34. The Balaban J connectivity index is 1.32. The number of para-hydroxylation sites is 1. The van der Waals surface area contributed by atoms with Gasteiger partial charge in [-0.25, -0.2) is 9.97 Å². The van der Waals surface area contributed by atoms with Gasteiger partial charge in [0.15, 0.2) is 0 Å². The van der Waals surface area contributed by atoms with E-state index in [4.69, 9.17) is 9.97 Å². The summed E-state index contributed by atoms with van der Waals surface area (Å²) in [7, 11) is 0. The molecule has 1 aliphatic carbocycles. The van der Waals surface area contributed by atoms with Crippen molar-refractivity contribution >= 4 is 43.5 Å². The molecule has 3 heteroatoms. The van der Waals surface area contributed by atoms with E-state index in [0.29, 0.717) is 5.95 Å². The van der Waals surface area contributed by atoms with Crippen LogP contribution in [0.15, 0.2) is 127 Å². The summed E-state index contributed by atoms with van der Waals surface area (Å²) in [4.78, 5) is 10.6. The van der Waals surface area contributed by atoms with Crippen molar-refractivity contribution in [3.63, 3.8) is 0 Å². The van der Waals surface area contributed by atoms with Crippen LogP contribution in [0.3, 0.4) is 0 Å². The van der Waals surface area contributed by atoms with Crippen molar-refractivity contribution in [2.24, 2.45) is 0 Å². The van der Waals surface area contributed by atoms with Crippen molar-refractivity contribution in [3.8, 4) is 28.3 Å². The van der Waals surface area contributed by atoms with Crippen LogP contribution in [0.1, 0.15) is 25.0 Å². The van der Waals surface area contributed by atoms with Crippen molar-refractivity contribution in [2.75, 3.05) is 0 Å². The average molecular weight is 538 g/mol. The molecule has 1 aliphatic rings. The third-order valence-corrected chi connectivity index (χ3v) is 9.20. The summed E-state index contributed by atoms with van der Waals surface area (Å²) in [6, 6.07) is 45.8. The Bertz CT molecular complexity index is 2390. The number of hydrogen-bond acceptors (Lipinski definition) is 2. The van der Waals surface area contributed by atoms with Crippen LogP contribution in [0, 0.1) is 0 Å². The zero-order valence-corrected chi connectivity index (χ0v) is 23.5. The Hall–Kier alpha value is -5.28. The molecule has 2 aromatic heterocycles. The van der Waals surface area contributed by atoms with Crippen molar-refractivity contribution in [2.45, 2.75) is 19.3 Å². The fourth-order valence-corrected chi connectivity index (χ4v) is 7.10. The molecule has 2 heterocycles. The third-order valence-electron chi connectivity index (χ3n) is 9.20. The van der Waals surface area contributed by atoms with Gasteiger partial charge in [0.2, 0.25) is 5.95 Å². The monoisotopic (exact) mass is 537 g/mol. The quantitative estimate of drug-likeness (QED) is 0.220. The lowest BCUT2D eigenvalue weighted by atomic mass is 9.70. The summed E-state index contributed by atoms with van der Waals surface area (Å²) < 4.78 is 2.24. The SMILES string of the molecule is CC1(C)c2ccccc2-c2nc(-n3c4ccccc4c4cc(-c5ccc6ccccc6c5)ccc43)nc3cccc1c23. The summed E-state index contributed by atoms with van der Waals surface area (Å²) >= 11 is 0. The standard InChI is InChI=1S/C39H27N3/c1-39(2)31-14-7-5-13-29(31)37-36-32(39)15-9-16-33(36)40-38(41-37)42-34-17-8-6-12-28(34)30-23-27(20-21-35(30)42)26-19-18-24-10-3-4-11-25(24)22-26/h3-23H,1-2H3. The van der Waals surface area contributed by atoms with Crippen molar-refractivity contribution < 1.29 is 0 Å². The van der Waals surface area contributed by atoms with Crippen molar-refractivity contribution in [1.82, 2.24) is 14.5 Å². The molecular formula is C39H27N3. The first-order chi connectivity index (χ1) is 20.6. The Kier molecular flexibility index (Phi) is 4.67. The molecule has 0 fully saturated rings. The lowest BCUT2D eigenvalue weighted by Crippen LogP contribution is -2.24. The van der Waals surface area contributed by atoms with Gasteiger partial charge in [-0.05, 0) is 63.4 Å². The van der Waals surface area contributed by atoms with Crippen LogP contribution in [0.25, 0.3) is 71.8 Å². The molecule has 0 spiro atoms. The van der Waals surface area contributed by atoms with E-state index in [1.54, 1.807) is 0 Å². The van der Waals surface area contributed by atoms with Crippen molar-refractivity contribution in [3.05, 3.63) is 139 Å². The first-order valence-corrected chi connectivity index (χ1v) is 14.5. The van der Waals surface area contributed by atoms with Gasteiger partial charge in [0.25, 0.3) is 0 Å². The van der Waals surface area contributed by atoms with Gasteiger partial charge in [-0.3, -0.25) is 4.57 Å². The first-order valence-electron chi connectivity index (χ1n) is 14.5. The summed E-state index contributed by atoms with van der Waals surface area (Å²) in [5.41, 5.74) is 10.3. The largest absolute Gasteiger partial charge is 0.278 e. The Labute approximate surface area is 243 Å². The second-order valence-corrected chi connectivity index (χ2v) is 11.9. The van der Waals surface area contributed by atoms with Gasteiger partial charge in [-0.1, -0.05) is 111 Å². The van der Waals surface area contributed by atoms with Crippen LogP contribution in [0.4, 0.5) is 0 Å². The van der Waals surface area contributed by atoms with Gasteiger partial charge >= 0.3 is 0 Å². The molecule has 0 bridgehead atoms. The Morgan fingerprint density at radius 2 is 1.26 bits per heavy atom. The minimum absolute atomic E-state index is 0.125. The predicted molar refractivity (Wildman–Crippen MR) is 174 cm³/mol. The summed E-state index contributed by atoms with van der Waals surface area (Å²) in [6.07, 6.45) is 0. The highest BCUT2D eigenvalue weighted by Crippen LogP contribution is 2.47. The Morgan fingerprint density at radius 1 is 0.548 bits per heavy atom. The molecule has 0 N–H and O–H groups in total. The number of rotatable bonds is 2. The maximum absolute atomic E-state index is 5.35. The van der Waals surface area contributed by atoms with Crippen molar-refractivity contribution in [1.29, 1.82) is 0 Å². The fraction of sp³-hybridized carbons (Fsp3) is 0.0769. The third kappa shape index (κ3) is 3.16. The zero-order valence-electron chi connectivity index (χ0n) is 23.5. The van der Waals surface area contributed by atoms with Crippen LogP contribution in [0.2, 0.25) is 0 Å². The topological polar surface area (TPSA) is 30.7 Å². The van der Waals surface area contributed by atoms with E-state index in [1.165, 1.54) is 49.4 Å². The van der Waals surface area contributed by atoms with Gasteiger partial charge in [0.05, 0.1) is 22.2 Å². The molecule has 8 aromatic rings. The van der Waals surface area contributed by atoms with Gasteiger partial charge < -0.3 is 0 Å². The van der Waals surface area contributed by atoms with E-state index in [1.807, 2.05) is 0 Å². The Morgan fingerprint density at radius 3 is 2.19 bits per heavy atom. The predicted octanol–water partition coefficient (Wildman–Crippen LogP) is 9.85. The van der Waals surface area contributed by atoms with Gasteiger partial charge in [-0.2, -0.15) is 0 Å². The number of fused-ring (bicyclic) bond motifs is 6. The highest BCUT2D eigenvalue weighted by atomic mass is 15.2. The molecule has 3 nitrogen and oxygen atoms in total. The summed E-state index contributed by atoms with van der Waals surface area (Å²) in [6.45, 7) is 4.61. The molecule has 198 valence electrons. The molecule has 0 saturated carbocycles. The smallest absolute Gasteiger partial charge is 0.235 e. The molecule has 6 aromatic carbocycles.